The van der Waals surface area contributed by atoms with Crippen LogP contribution >= 0.6 is 0 Å². The van der Waals surface area contributed by atoms with E-state index in [2.05, 4.69) is 11.9 Å². The molecule has 110 valence electrons. The van der Waals surface area contributed by atoms with Crippen molar-refractivity contribution in [1.82, 2.24) is 14.5 Å². The van der Waals surface area contributed by atoms with Gasteiger partial charge in [0.1, 0.15) is 0 Å². The lowest BCUT2D eigenvalue weighted by molar-refractivity contribution is 0.0619. The van der Waals surface area contributed by atoms with E-state index in [-0.39, 0.29) is 18.0 Å². The molecule has 1 saturated heterocycles. The fourth-order valence-electron chi connectivity index (χ4n) is 2.89. The number of hydrogen-bond acceptors (Lipinski definition) is 3. The molecule has 1 aliphatic heterocycles. The van der Waals surface area contributed by atoms with Crippen LogP contribution in [0.15, 0.2) is 43.0 Å². The van der Waals surface area contributed by atoms with Crippen LogP contribution in [-0.2, 0) is 0 Å². The van der Waals surface area contributed by atoms with Gasteiger partial charge in [-0.3, -0.25) is 4.79 Å². The summed E-state index contributed by atoms with van der Waals surface area (Å²) < 4.78 is 1.90. The van der Waals surface area contributed by atoms with E-state index in [9.17, 15) is 4.79 Å². The molecule has 2 heterocycles. The van der Waals surface area contributed by atoms with Crippen LogP contribution in [0, 0.1) is 0 Å². The van der Waals surface area contributed by atoms with Crippen molar-refractivity contribution < 1.29 is 4.79 Å². The van der Waals surface area contributed by atoms with E-state index in [1.165, 1.54) is 0 Å². The molecule has 1 aromatic carbocycles. The van der Waals surface area contributed by atoms with Gasteiger partial charge in [0.2, 0.25) is 0 Å². The lowest BCUT2D eigenvalue weighted by Gasteiger charge is -2.36. The summed E-state index contributed by atoms with van der Waals surface area (Å²) in [7, 11) is 0. The Labute approximate surface area is 124 Å². The summed E-state index contributed by atoms with van der Waals surface area (Å²) in [4.78, 5) is 18.7. The molecule has 5 heteroatoms. The third-order valence-electron chi connectivity index (χ3n) is 4.07. The SMILES string of the molecule is CC1CC(N)CCN1C(=O)c1cccc(-n2ccnc2)c1. The molecule has 1 amide bonds. The van der Waals surface area contributed by atoms with Crippen LogP contribution in [0.25, 0.3) is 5.69 Å². The van der Waals surface area contributed by atoms with Crippen molar-refractivity contribution in [3.63, 3.8) is 0 Å². The first-order valence-electron chi connectivity index (χ1n) is 7.30. The first-order valence-corrected chi connectivity index (χ1v) is 7.30. The Morgan fingerprint density at radius 3 is 3.00 bits per heavy atom. The number of piperidine rings is 1. The predicted molar refractivity (Wildman–Crippen MR) is 81.3 cm³/mol. The monoisotopic (exact) mass is 284 g/mol. The average molecular weight is 284 g/mol. The molecule has 5 nitrogen and oxygen atoms in total. The van der Waals surface area contributed by atoms with Gasteiger partial charge in [-0.15, -0.1) is 0 Å². The van der Waals surface area contributed by atoms with Crippen LogP contribution in [0.4, 0.5) is 0 Å². The maximum absolute atomic E-state index is 12.7. The van der Waals surface area contributed by atoms with Gasteiger partial charge >= 0.3 is 0 Å². The summed E-state index contributed by atoms with van der Waals surface area (Å²) in [5, 5.41) is 0. The number of nitrogens with two attached hydrogens (primary N) is 1. The zero-order chi connectivity index (χ0) is 14.8. The number of carbonyl (C=O) groups is 1. The van der Waals surface area contributed by atoms with Crippen molar-refractivity contribution in [2.24, 2.45) is 5.73 Å². The number of likely N-dealkylation sites (tertiary alicyclic amines) is 1. The number of aromatic nitrogens is 2. The van der Waals surface area contributed by atoms with Gasteiger partial charge in [0.25, 0.3) is 5.91 Å². The Kier molecular flexibility index (Phi) is 3.75. The van der Waals surface area contributed by atoms with Crippen molar-refractivity contribution in [3.05, 3.63) is 48.5 Å². The fourth-order valence-corrected chi connectivity index (χ4v) is 2.89. The highest BCUT2D eigenvalue weighted by Crippen LogP contribution is 2.20. The minimum atomic E-state index is 0.0800. The van der Waals surface area contributed by atoms with Gasteiger partial charge in [-0.05, 0) is 38.0 Å². The van der Waals surface area contributed by atoms with E-state index in [0.29, 0.717) is 5.56 Å². The molecule has 2 atom stereocenters. The molecule has 2 N–H and O–H groups in total. The predicted octanol–water partition coefficient (Wildman–Crippen LogP) is 1.82. The molecule has 21 heavy (non-hydrogen) atoms. The number of imidazole rings is 1. The number of amides is 1. The van der Waals surface area contributed by atoms with Gasteiger partial charge in [0.05, 0.1) is 6.33 Å². The van der Waals surface area contributed by atoms with Crippen LogP contribution in [0.1, 0.15) is 30.1 Å². The van der Waals surface area contributed by atoms with Crippen molar-refractivity contribution in [2.75, 3.05) is 6.54 Å². The fraction of sp³-hybridized carbons (Fsp3) is 0.375. The largest absolute Gasteiger partial charge is 0.336 e. The lowest BCUT2D eigenvalue weighted by Crippen LogP contribution is -2.48. The molecule has 0 spiro atoms. The van der Waals surface area contributed by atoms with Gasteiger partial charge in [0.15, 0.2) is 0 Å². The van der Waals surface area contributed by atoms with Crippen molar-refractivity contribution in [2.45, 2.75) is 31.8 Å². The van der Waals surface area contributed by atoms with Crippen LogP contribution in [0.3, 0.4) is 0 Å². The van der Waals surface area contributed by atoms with Crippen LogP contribution in [0.2, 0.25) is 0 Å². The summed E-state index contributed by atoms with van der Waals surface area (Å²) >= 11 is 0. The normalized spacial score (nSPS) is 22.3. The Morgan fingerprint density at radius 2 is 2.29 bits per heavy atom. The van der Waals surface area contributed by atoms with Gasteiger partial charge in [-0.2, -0.15) is 0 Å². The number of rotatable bonds is 2. The highest BCUT2D eigenvalue weighted by molar-refractivity contribution is 5.95. The molecular weight excluding hydrogens is 264 g/mol. The third kappa shape index (κ3) is 2.83. The second-order valence-corrected chi connectivity index (χ2v) is 5.65. The molecule has 0 radical (unpaired) electrons. The molecular formula is C16H20N4O. The van der Waals surface area contributed by atoms with Gasteiger partial charge < -0.3 is 15.2 Å². The number of carbonyl (C=O) groups excluding carboxylic acids is 1. The van der Waals surface area contributed by atoms with E-state index >= 15 is 0 Å². The first-order chi connectivity index (χ1) is 10.1. The van der Waals surface area contributed by atoms with Gasteiger partial charge in [0, 0.05) is 42.3 Å². The zero-order valence-electron chi connectivity index (χ0n) is 12.1. The minimum Gasteiger partial charge on any atom is -0.336 e. The zero-order valence-corrected chi connectivity index (χ0v) is 12.1. The Bertz CT molecular complexity index is 623. The van der Waals surface area contributed by atoms with Crippen molar-refractivity contribution in [1.29, 1.82) is 0 Å². The maximum Gasteiger partial charge on any atom is 0.254 e. The van der Waals surface area contributed by atoms with E-state index in [4.69, 9.17) is 5.73 Å². The number of benzene rings is 1. The molecule has 2 unspecified atom stereocenters. The highest BCUT2D eigenvalue weighted by atomic mass is 16.2. The Hall–Kier alpha value is -2.14. The summed E-state index contributed by atoms with van der Waals surface area (Å²) in [5.41, 5.74) is 7.62. The Morgan fingerprint density at radius 1 is 1.43 bits per heavy atom. The molecule has 3 rings (SSSR count). The van der Waals surface area contributed by atoms with Gasteiger partial charge in [-0.1, -0.05) is 6.07 Å². The van der Waals surface area contributed by atoms with E-state index < -0.39 is 0 Å². The minimum absolute atomic E-state index is 0.0800. The standard InChI is InChI=1S/C16H20N4O/c1-12-9-14(17)5-7-20(12)16(21)13-3-2-4-15(10-13)19-8-6-18-11-19/h2-4,6,8,10-12,14H,5,7,9,17H2,1H3. The quantitative estimate of drug-likeness (QED) is 0.915. The van der Waals surface area contributed by atoms with Crippen LogP contribution < -0.4 is 5.73 Å². The lowest BCUT2D eigenvalue weighted by atomic mass is 9.98. The molecule has 1 aliphatic rings. The molecule has 2 aromatic rings. The first kappa shape index (κ1) is 13.8. The highest BCUT2D eigenvalue weighted by Gasteiger charge is 2.27. The summed E-state index contributed by atoms with van der Waals surface area (Å²) in [5.74, 6) is 0.0800. The molecule has 1 fully saturated rings. The summed E-state index contributed by atoms with van der Waals surface area (Å²) in [6.45, 7) is 2.80. The second-order valence-electron chi connectivity index (χ2n) is 5.65. The van der Waals surface area contributed by atoms with Crippen molar-refractivity contribution in [3.8, 4) is 5.69 Å². The molecule has 0 aliphatic carbocycles. The molecule has 0 bridgehead atoms. The number of hydrogen-bond donors (Lipinski definition) is 1. The third-order valence-corrected chi connectivity index (χ3v) is 4.07. The van der Waals surface area contributed by atoms with Crippen LogP contribution in [-0.4, -0.2) is 39.0 Å². The van der Waals surface area contributed by atoms with Crippen LogP contribution in [0.5, 0.6) is 0 Å². The van der Waals surface area contributed by atoms with E-state index in [0.717, 1.165) is 25.1 Å². The average Bonchev–Trinajstić information content (AvgIpc) is 3.01. The summed E-state index contributed by atoms with van der Waals surface area (Å²) in [6.07, 6.45) is 7.06. The molecule has 1 aromatic heterocycles. The smallest absolute Gasteiger partial charge is 0.254 e. The van der Waals surface area contributed by atoms with E-state index in [1.807, 2.05) is 39.9 Å². The topological polar surface area (TPSA) is 64.2 Å². The number of nitrogens with zero attached hydrogens (tertiary/aromatic N) is 3. The van der Waals surface area contributed by atoms with Crippen molar-refractivity contribution >= 4 is 5.91 Å². The molecule has 0 saturated carbocycles. The second kappa shape index (κ2) is 5.69. The Balaban J connectivity index is 1.83. The summed E-state index contributed by atoms with van der Waals surface area (Å²) in [6, 6.07) is 8.05. The van der Waals surface area contributed by atoms with Gasteiger partial charge in [-0.25, -0.2) is 4.98 Å². The maximum atomic E-state index is 12.7. The van der Waals surface area contributed by atoms with E-state index in [1.54, 1.807) is 12.5 Å².